The highest BCUT2D eigenvalue weighted by Gasteiger charge is 2.02. The number of aromatic nitrogens is 1. The highest BCUT2D eigenvalue weighted by atomic mass is 32.2. The van der Waals surface area contributed by atoms with Crippen molar-refractivity contribution in [1.29, 1.82) is 0 Å². The summed E-state index contributed by atoms with van der Waals surface area (Å²) in [4.78, 5) is 4.22. The molecule has 0 aliphatic carbocycles. The first-order valence-corrected chi connectivity index (χ1v) is 6.26. The van der Waals surface area contributed by atoms with Gasteiger partial charge in [0.2, 0.25) is 0 Å². The van der Waals surface area contributed by atoms with Crippen molar-refractivity contribution in [2.24, 2.45) is 0 Å². The molecule has 0 aliphatic heterocycles. The van der Waals surface area contributed by atoms with E-state index < -0.39 is 10.1 Å². The van der Waals surface area contributed by atoms with E-state index in [9.17, 15) is 8.42 Å². The van der Waals surface area contributed by atoms with Crippen molar-refractivity contribution >= 4 is 16.2 Å². The summed E-state index contributed by atoms with van der Waals surface area (Å²) in [5.41, 5.74) is 1.56. The zero-order valence-electron chi connectivity index (χ0n) is 8.51. The van der Waals surface area contributed by atoms with Gasteiger partial charge in [-0.05, 0) is 18.2 Å². The zero-order chi connectivity index (χ0) is 11.3. The zero-order valence-corrected chi connectivity index (χ0v) is 9.33. The van der Waals surface area contributed by atoms with Crippen LogP contribution in [0.5, 0.6) is 0 Å². The molecule has 82 valence electrons. The summed E-state index contributed by atoms with van der Waals surface area (Å²) in [6.45, 7) is 3.72. The van der Waals surface area contributed by atoms with Crippen LogP contribution in [0.4, 0.5) is 0 Å². The van der Waals surface area contributed by atoms with Crippen molar-refractivity contribution in [3.05, 3.63) is 36.2 Å². The highest BCUT2D eigenvalue weighted by Crippen LogP contribution is 2.02. The Kier molecular flexibility index (Phi) is 3.99. The molecule has 0 fully saturated rings. The number of pyridine rings is 1. The van der Waals surface area contributed by atoms with Crippen molar-refractivity contribution < 1.29 is 12.6 Å². The van der Waals surface area contributed by atoms with Gasteiger partial charge in [-0.25, -0.2) is 0 Å². The Balaban J connectivity index is 2.54. The second-order valence-electron chi connectivity index (χ2n) is 3.03. The molecule has 1 heterocycles. The Morgan fingerprint density at radius 2 is 2.27 bits per heavy atom. The van der Waals surface area contributed by atoms with Gasteiger partial charge in [-0.15, -0.1) is 0 Å². The van der Waals surface area contributed by atoms with Gasteiger partial charge in [-0.2, -0.15) is 8.42 Å². The Bertz CT molecular complexity index is 440. The molecule has 0 aromatic carbocycles. The van der Waals surface area contributed by atoms with Crippen molar-refractivity contribution in [3.8, 4) is 0 Å². The molecule has 0 unspecified atom stereocenters. The molecule has 1 aromatic rings. The van der Waals surface area contributed by atoms with E-state index in [0.29, 0.717) is 6.42 Å². The van der Waals surface area contributed by atoms with Gasteiger partial charge >= 0.3 is 0 Å². The van der Waals surface area contributed by atoms with Gasteiger partial charge in [0.25, 0.3) is 10.1 Å². The maximum Gasteiger partial charge on any atom is 0.264 e. The van der Waals surface area contributed by atoms with E-state index in [1.165, 1.54) is 0 Å². The Morgan fingerprint density at radius 1 is 1.53 bits per heavy atom. The van der Waals surface area contributed by atoms with E-state index in [1.807, 2.05) is 18.2 Å². The number of rotatable bonds is 5. The molecule has 1 aromatic heterocycles. The van der Waals surface area contributed by atoms with Gasteiger partial charge in [0.15, 0.2) is 0 Å². The number of nitrogens with zero attached hydrogens (tertiary/aromatic N) is 1. The summed E-state index contributed by atoms with van der Waals surface area (Å²) >= 11 is 0. The highest BCUT2D eigenvalue weighted by molar-refractivity contribution is 7.85. The van der Waals surface area contributed by atoms with E-state index in [1.54, 1.807) is 6.08 Å². The van der Waals surface area contributed by atoms with E-state index in [0.717, 1.165) is 17.6 Å². The van der Waals surface area contributed by atoms with E-state index in [4.69, 9.17) is 0 Å². The third-order valence-corrected chi connectivity index (χ3v) is 2.29. The SMILES string of the molecule is C=Cc1cccc(CCOS(C)(=O)=O)n1. The predicted molar refractivity (Wildman–Crippen MR) is 58.8 cm³/mol. The Labute approximate surface area is 89.7 Å². The summed E-state index contributed by atoms with van der Waals surface area (Å²) in [6.07, 6.45) is 3.14. The fourth-order valence-corrected chi connectivity index (χ4v) is 1.43. The molecule has 5 heteroatoms. The molecule has 0 amide bonds. The minimum atomic E-state index is -3.36. The van der Waals surface area contributed by atoms with Crippen molar-refractivity contribution in [1.82, 2.24) is 4.98 Å². The summed E-state index contributed by atoms with van der Waals surface area (Å²) in [6, 6.07) is 5.49. The lowest BCUT2D eigenvalue weighted by Crippen LogP contribution is -2.07. The van der Waals surface area contributed by atoms with E-state index >= 15 is 0 Å². The monoisotopic (exact) mass is 227 g/mol. The molecular weight excluding hydrogens is 214 g/mol. The van der Waals surface area contributed by atoms with Gasteiger partial charge in [-0.1, -0.05) is 12.6 Å². The number of hydrogen-bond donors (Lipinski definition) is 0. The Morgan fingerprint density at radius 3 is 2.87 bits per heavy atom. The molecule has 0 bridgehead atoms. The molecule has 0 saturated carbocycles. The molecule has 1 rings (SSSR count). The number of hydrogen-bond acceptors (Lipinski definition) is 4. The molecule has 0 saturated heterocycles. The summed E-state index contributed by atoms with van der Waals surface area (Å²) in [7, 11) is -3.36. The second-order valence-corrected chi connectivity index (χ2v) is 4.68. The topological polar surface area (TPSA) is 56.3 Å². The van der Waals surface area contributed by atoms with Gasteiger partial charge in [0.1, 0.15) is 0 Å². The second kappa shape index (κ2) is 5.04. The fraction of sp³-hybridized carbons (Fsp3) is 0.300. The molecule has 15 heavy (non-hydrogen) atoms. The lowest BCUT2D eigenvalue weighted by molar-refractivity contribution is 0.324. The van der Waals surface area contributed by atoms with Crippen molar-refractivity contribution in [3.63, 3.8) is 0 Å². The predicted octanol–water partition coefficient (Wildman–Crippen LogP) is 1.24. The van der Waals surface area contributed by atoms with Crippen LogP contribution >= 0.6 is 0 Å². The van der Waals surface area contributed by atoms with Gasteiger partial charge in [-0.3, -0.25) is 9.17 Å². The van der Waals surface area contributed by atoms with Gasteiger partial charge in [0, 0.05) is 12.1 Å². The molecule has 0 aliphatic rings. The van der Waals surface area contributed by atoms with Crippen LogP contribution in [0, 0.1) is 0 Å². The Hall–Kier alpha value is -1.20. The van der Waals surface area contributed by atoms with Crippen LogP contribution in [0.3, 0.4) is 0 Å². The first-order chi connectivity index (χ1) is 7.01. The average molecular weight is 227 g/mol. The van der Waals surface area contributed by atoms with Crippen LogP contribution in [0.2, 0.25) is 0 Å². The van der Waals surface area contributed by atoms with Crippen molar-refractivity contribution in [2.45, 2.75) is 6.42 Å². The molecule has 0 spiro atoms. The van der Waals surface area contributed by atoms with Crippen molar-refractivity contribution in [2.75, 3.05) is 12.9 Å². The van der Waals surface area contributed by atoms with Crippen LogP contribution < -0.4 is 0 Å². The third kappa shape index (κ3) is 4.71. The fourth-order valence-electron chi connectivity index (χ4n) is 1.05. The van der Waals surface area contributed by atoms with Crippen LogP contribution in [0.1, 0.15) is 11.4 Å². The van der Waals surface area contributed by atoms with Crippen LogP contribution in [-0.4, -0.2) is 26.3 Å². The summed E-state index contributed by atoms with van der Waals surface area (Å²) in [5.74, 6) is 0. The molecule has 0 radical (unpaired) electrons. The maximum atomic E-state index is 10.7. The van der Waals surface area contributed by atoms with Gasteiger partial charge in [0.05, 0.1) is 18.6 Å². The largest absolute Gasteiger partial charge is 0.270 e. The van der Waals surface area contributed by atoms with E-state index in [2.05, 4.69) is 15.7 Å². The smallest absolute Gasteiger partial charge is 0.264 e. The molecule has 0 atom stereocenters. The van der Waals surface area contributed by atoms with Gasteiger partial charge < -0.3 is 0 Å². The van der Waals surface area contributed by atoms with Crippen LogP contribution in [0.15, 0.2) is 24.8 Å². The lowest BCUT2D eigenvalue weighted by atomic mass is 10.2. The minimum Gasteiger partial charge on any atom is -0.270 e. The van der Waals surface area contributed by atoms with E-state index in [-0.39, 0.29) is 6.61 Å². The summed E-state index contributed by atoms with van der Waals surface area (Å²) in [5, 5.41) is 0. The quantitative estimate of drug-likeness (QED) is 0.710. The van der Waals surface area contributed by atoms with Crippen LogP contribution in [0.25, 0.3) is 6.08 Å². The van der Waals surface area contributed by atoms with Crippen LogP contribution in [-0.2, 0) is 20.7 Å². The maximum absolute atomic E-state index is 10.7. The first kappa shape index (κ1) is 11.9. The normalized spacial score (nSPS) is 11.3. The molecule has 0 N–H and O–H groups in total. The minimum absolute atomic E-state index is 0.117. The lowest BCUT2D eigenvalue weighted by Gasteiger charge is -2.02. The first-order valence-electron chi connectivity index (χ1n) is 4.44. The third-order valence-electron chi connectivity index (χ3n) is 1.69. The standard InChI is InChI=1S/C10H13NO3S/c1-3-9-5-4-6-10(11-9)7-8-14-15(2,12)13/h3-6H,1,7-8H2,2H3. The summed E-state index contributed by atoms with van der Waals surface area (Å²) < 4.78 is 26.0. The average Bonchev–Trinajstić information content (AvgIpc) is 2.16. The molecular formula is C10H13NO3S. The molecule has 4 nitrogen and oxygen atoms in total.